The molecule has 0 aromatic rings. The molecule has 4 nitrogen and oxygen atoms in total. The van der Waals surface area contributed by atoms with E-state index in [1.165, 1.54) is 0 Å². The lowest BCUT2D eigenvalue weighted by Crippen LogP contribution is -2.28. The molecule has 0 spiro atoms. The minimum atomic E-state index is -0.254. The fourth-order valence-electron chi connectivity index (χ4n) is 1.02. The summed E-state index contributed by atoms with van der Waals surface area (Å²) in [5, 5.41) is 2.82. The molecule has 0 saturated carbocycles. The Kier molecular flexibility index (Phi) is 6.80. The fourth-order valence-corrected chi connectivity index (χ4v) is 1.02. The highest BCUT2D eigenvalue weighted by Gasteiger charge is 2.04. The molecule has 0 bridgehead atoms. The molecule has 0 aromatic carbocycles. The lowest BCUT2D eigenvalue weighted by Gasteiger charge is -2.06. The van der Waals surface area contributed by atoms with Crippen LogP contribution in [0.1, 0.15) is 42.4 Å². The van der Waals surface area contributed by atoms with E-state index in [0.29, 0.717) is 13.0 Å². The summed E-state index contributed by atoms with van der Waals surface area (Å²) < 4.78 is 0. The van der Waals surface area contributed by atoms with Crippen molar-refractivity contribution in [1.29, 1.82) is 0 Å². The van der Waals surface area contributed by atoms with Gasteiger partial charge in [-0.25, -0.2) is 0 Å². The van der Waals surface area contributed by atoms with E-state index < -0.39 is 0 Å². The van der Waals surface area contributed by atoms with Crippen molar-refractivity contribution in [2.45, 2.75) is 39.5 Å². The topological polar surface area (TPSA) is 72.2 Å². The molecule has 0 fully saturated rings. The third-order valence-corrected chi connectivity index (χ3v) is 1.92. The van der Waals surface area contributed by atoms with Gasteiger partial charge in [0.2, 0.25) is 11.8 Å². The molecule has 86 valence electrons. The number of hydrogen-bond acceptors (Lipinski definition) is 2. The zero-order valence-electron chi connectivity index (χ0n) is 9.01. The molecule has 0 aromatic heterocycles. The predicted octanol–water partition coefficient (Wildman–Crippen LogP) is 1.30. The lowest BCUT2D eigenvalue weighted by molar-refractivity contribution is -0.124. The van der Waals surface area contributed by atoms with Crippen molar-refractivity contribution < 1.29 is 12.4 Å². The zero-order valence-corrected chi connectivity index (χ0v) is 9.01. The molecule has 0 rings (SSSR count). The summed E-state index contributed by atoms with van der Waals surface area (Å²) in [4.78, 5) is 21.5. The van der Waals surface area contributed by atoms with Crippen LogP contribution in [0.2, 0.25) is 0 Å². The van der Waals surface area contributed by atoms with Crippen molar-refractivity contribution in [2.24, 2.45) is 11.7 Å². The molecule has 2 amide bonds. The van der Waals surface area contributed by atoms with Gasteiger partial charge in [-0.15, -0.1) is 0 Å². The Balaban J connectivity index is -0.000000845. The summed E-state index contributed by atoms with van der Waals surface area (Å²) in [6.45, 7) is 4.42. The van der Waals surface area contributed by atoms with Gasteiger partial charge in [-0.05, 0) is 12.8 Å². The maximum Gasteiger partial charge on any atom is 0.222 e. The summed E-state index contributed by atoms with van der Waals surface area (Å²) in [5.74, 6) is -0.128. The normalized spacial score (nSPS) is 10.2. The molecule has 0 radical (unpaired) electrons. The van der Waals surface area contributed by atoms with Gasteiger partial charge in [0.1, 0.15) is 0 Å². The smallest absolute Gasteiger partial charge is 0.222 e. The van der Waals surface area contributed by atoms with Crippen LogP contribution in [0, 0.1) is 5.92 Å². The quantitative estimate of drug-likeness (QED) is 0.613. The van der Waals surface area contributed by atoms with E-state index in [1.54, 1.807) is 0 Å². The van der Waals surface area contributed by atoms with Crippen LogP contribution in [0.3, 0.4) is 0 Å². The van der Waals surface area contributed by atoms with Crippen LogP contribution in [-0.4, -0.2) is 18.4 Å². The van der Waals surface area contributed by atoms with Crippen molar-refractivity contribution in [2.75, 3.05) is 6.54 Å². The number of carbonyl (C=O) groups excluding carboxylic acids is 2. The number of rotatable bonds is 7. The third-order valence-electron chi connectivity index (χ3n) is 1.92. The first-order valence-electron chi connectivity index (χ1n) is 5.10. The van der Waals surface area contributed by atoms with Crippen molar-refractivity contribution >= 4 is 11.8 Å². The molecule has 0 aliphatic heterocycles. The Hall–Kier alpha value is -1.06. The molecule has 0 atom stereocenters. The van der Waals surface area contributed by atoms with Gasteiger partial charge in [0, 0.05) is 21.7 Å². The van der Waals surface area contributed by atoms with Gasteiger partial charge >= 0.3 is 0 Å². The highest BCUT2D eigenvalue weighted by atomic mass is 16.2. The maximum absolute atomic E-state index is 11.1. The average molecular weight is 204 g/mol. The van der Waals surface area contributed by atoms with Crippen molar-refractivity contribution in [1.82, 2.24) is 5.32 Å². The number of hydrogen-bond donors (Lipinski definition) is 2. The van der Waals surface area contributed by atoms with Gasteiger partial charge in [0.25, 0.3) is 0 Å². The lowest BCUT2D eigenvalue weighted by atomic mass is 10.1. The first-order valence-corrected chi connectivity index (χ1v) is 5.10. The van der Waals surface area contributed by atoms with Crippen molar-refractivity contribution in [3.05, 3.63) is 0 Å². The first-order chi connectivity index (χ1) is 6.54. The van der Waals surface area contributed by atoms with Gasteiger partial charge < -0.3 is 11.1 Å². The molecule has 0 heterocycles. The largest absolute Gasteiger partial charge is 0.370 e. The summed E-state index contributed by atoms with van der Waals surface area (Å²) >= 11 is 0. The minimum Gasteiger partial charge on any atom is -0.370 e. The monoisotopic (exact) mass is 204 g/mol. The number of nitrogens with two attached hydrogens (primary N) is 1. The number of amides is 2. The Morgan fingerprint density at radius 2 is 1.93 bits per heavy atom. The van der Waals surface area contributed by atoms with E-state index in [2.05, 4.69) is 5.32 Å². The molecule has 0 aliphatic carbocycles. The molecular weight excluding hydrogens is 180 g/mol. The van der Waals surface area contributed by atoms with E-state index in [0.717, 1.165) is 19.3 Å². The van der Waals surface area contributed by atoms with Crippen molar-refractivity contribution in [3.8, 4) is 0 Å². The second kappa shape index (κ2) is 7.35. The van der Waals surface area contributed by atoms with Gasteiger partial charge in [-0.1, -0.05) is 20.3 Å². The number of nitrogens with one attached hydrogen (secondary N) is 1. The van der Waals surface area contributed by atoms with Crippen LogP contribution in [0.4, 0.5) is 0 Å². The van der Waals surface area contributed by atoms with Gasteiger partial charge in [0.15, 0.2) is 0 Å². The number of primary amides is 1. The van der Waals surface area contributed by atoms with E-state index in [4.69, 9.17) is 5.73 Å². The Bertz CT molecular complexity index is 199. The molecule has 3 N–H and O–H groups in total. The molecular formula is C10H24N2O2. The highest BCUT2D eigenvalue weighted by Crippen LogP contribution is 1.98. The van der Waals surface area contributed by atoms with E-state index in [9.17, 15) is 9.59 Å². The van der Waals surface area contributed by atoms with E-state index in [1.807, 2.05) is 13.8 Å². The van der Waals surface area contributed by atoms with Gasteiger partial charge in [0.05, 0.1) is 0 Å². The van der Waals surface area contributed by atoms with E-state index >= 15 is 0 Å². The standard InChI is InChI=1S/C10H20N2O2.2H2/c1-8(2)10(14)12-7-5-3-4-6-9(11)13;;/h8H,3-7H2,1-2H3,(H2,11,13)(H,12,14);2*1H. The second-order valence-corrected chi connectivity index (χ2v) is 3.72. The summed E-state index contributed by atoms with van der Waals surface area (Å²) in [5.41, 5.74) is 4.99. The maximum atomic E-state index is 11.1. The summed E-state index contributed by atoms with van der Waals surface area (Å²) in [6.07, 6.45) is 3.10. The summed E-state index contributed by atoms with van der Waals surface area (Å²) in [6, 6.07) is 0. The molecule has 4 heteroatoms. The average Bonchev–Trinajstić information content (AvgIpc) is 2.09. The van der Waals surface area contributed by atoms with Crippen LogP contribution in [0.5, 0.6) is 0 Å². The minimum absolute atomic E-state index is 0. The Morgan fingerprint density at radius 1 is 1.29 bits per heavy atom. The van der Waals surface area contributed by atoms with Crippen LogP contribution >= 0.6 is 0 Å². The fraction of sp³-hybridized carbons (Fsp3) is 0.800. The first kappa shape index (κ1) is 12.9. The van der Waals surface area contributed by atoms with Crippen LogP contribution in [-0.2, 0) is 9.59 Å². The Morgan fingerprint density at radius 3 is 2.43 bits per heavy atom. The van der Waals surface area contributed by atoms with Crippen LogP contribution in [0.25, 0.3) is 0 Å². The van der Waals surface area contributed by atoms with Gasteiger partial charge in [-0.2, -0.15) is 0 Å². The van der Waals surface area contributed by atoms with Crippen LogP contribution < -0.4 is 11.1 Å². The van der Waals surface area contributed by atoms with Crippen molar-refractivity contribution in [3.63, 3.8) is 0 Å². The molecule has 0 aliphatic rings. The summed E-state index contributed by atoms with van der Waals surface area (Å²) in [7, 11) is 0. The predicted molar refractivity (Wildman–Crippen MR) is 59.7 cm³/mol. The second-order valence-electron chi connectivity index (χ2n) is 3.72. The van der Waals surface area contributed by atoms with Gasteiger partial charge in [-0.3, -0.25) is 9.59 Å². The highest BCUT2D eigenvalue weighted by molar-refractivity contribution is 5.77. The SMILES string of the molecule is CC(C)C(=O)NCCCCCC(N)=O.[HH].[HH]. The molecule has 14 heavy (non-hydrogen) atoms. The molecule has 0 saturated heterocycles. The molecule has 0 unspecified atom stereocenters. The third kappa shape index (κ3) is 7.58. The Labute approximate surface area is 88.2 Å². The van der Waals surface area contributed by atoms with E-state index in [-0.39, 0.29) is 20.6 Å². The number of unbranched alkanes of at least 4 members (excludes halogenated alkanes) is 2. The van der Waals surface area contributed by atoms with Crippen LogP contribution in [0.15, 0.2) is 0 Å². The number of carbonyl (C=O) groups is 2. The zero-order chi connectivity index (χ0) is 11.0.